The first kappa shape index (κ1) is 21.8. The standard InChI is InChI=1S/C16H27FNO6P/c1-11(2)15(19)23-10-24-16(20)18-9-8-13(17)14(25(21)22)12-6-4-3-5-7-12/h11-14H,3-10H2,1-2H3,(H-,18,20,21,22)/p+1/t13-,14-/m0/s1. The number of esters is 1. The van der Waals surface area contributed by atoms with Crippen LogP contribution >= 0.6 is 8.03 Å². The van der Waals surface area contributed by atoms with Crippen LogP contribution in [0.4, 0.5) is 9.18 Å². The Kier molecular flexibility index (Phi) is 9.90. The predicted octanol–water partition coefficient (Wildman–Crippen LogP) is 3.28. The molecule has 9 heteroatoms. The SMILES string of the molecule is CC(C)C(=O)OCOC(=O)NCC[C@H](F)[C@H](C1CCCCC1)[P+](=O)O. The van der Waals surface area contributed by atoms with Crippen LogP contribution in [-0.2, 0) is 18.8 Å². The van der Waals surface area contributed by atoms with Gasteiger partial charge in [-0.2, -0.15) is 4.89 Å². The molecule has 0 heterocycles. The molecule has 1 saturated carbocycles. The average Bonchev–Trinajstić information content (AvgIpc) is 2.55. The molecule has 7 nitrogen and oxygen atoms in total. The Morgan fingerprint density at radius 3 is 2.44 bits per heavy atom. The van der Waals surface area contributed by atoms with Gasteiger partial charge in [0, 0.05) is 18.9 Å². The first-order valence-corrected chi connectivity index (χ1v) is 9.97. The molecule has 0 aliphatic heterocycles. The van der Waals surface area contributed by atoms with E-state index in [4.69, 9.17) is 0 Å². The fourth-order valence-corrected chi connectivity index (χ4v) is 4.02. The molecule has 0 bridgehead atoms. The summed E-state index contributed by atoms with van der Waals surface area (Å²) in [4.78, 5) is 32.1. The molecule has 1 unspecified atom stereocenters. The number of carbonyl (C=O) groups excluding carboxylic acids is 2. The summed E-state index contributed by atoms with van der Waals surface area (Å²) < 4.78 is 35.3. The van der Waals surface area contributed by atoms with Crippen LogP contribution in [0.15, 0.2) is 0 Å². The highest BCUT2D eigenvalue weighted by Gasteiger charge is 2.44. The molecule has 0 radical (unpaired) electrons. The minimum Gasteiger partial charge on any atom is -0.428 e. The third-order valence-electron chi connectivity index (χ3n) is 4.31. The van der Waals surface area contributed by atoms with E-state index >= 15 is 0 Å². The van der Waals surface area contributed by atoms with E-state index in [0.29, 0.717) is 0 Å². The molecule has 0 aromatic rings. The lowest BCUT2D eigenvalue weighted by atomic mass is 9.85. The number of halogens is 1. The number of rotatable bonds is 9. The number of hydrogen-bond acceptors (Lipinski definition) is 5. The van der Waals surface area contributed by atoms with E-state index in [9.17, 15) is 23.4 Å². The molecule has 1 aliphatic rings. The highest BCUT2D eigenvalue weighted by molar-refractivity contribution is 7.39. The Balaban J connectivity index is 2.29. The average molecular weight is 380 g/mol. The van der Waals surface area contributed by atoms with Crippen molar-refractivity contribution in [3.8, 4) is 0 Å². The second kappa shape index (κ2) is 11.4. The van der Waals surface area contributed by atoms with Gasteiger partial charge >= 0.3 is 20.1 Å². The molecule has 0 aromatic heterocycles. The lowest BCUT2D eigenvalue weighted by Crippen LogP contribution is -2.34. The molecule has 3 atom stereocenters. The van der Waals surface area contributed by atoms with Crippen LogP contribution in [0.3, 0.4) is 0 Å². The second-order valence-corrected chi connectivity index (χ2v) is 7.79. The molecule has 0 aromatic carbocycles. The number of ether oxygens (including phenoxy) is 2. The van der Waals surface area contributed by atoms with Crippen molar-refractivity contribution in [2.75, 3.05) is 13.3 Å². The van der Waals surface area contributed by atoms with Crippen molar-refractivity contribution in [2.45, 2.75) is 64.2 Å². The van der Waals surface area contributed by atoms with Crippen LogP contribution in [0.5, 0.6) is 0 Å². The van der Waals surface area contributed by atoms with E-state index in [1.165, 1.54) is 0 Å². The maximum atomic E-state index is 14.4. The lowest BCUT2D eigenvalue weighted by Gasteiger charge is -2.24. The highest BCUT2D eigenvalue weighted by Crippen LogP contribution is 2.41. The Labute approximate surface area is 148 Å². The fourth-order valence-electron chi connectivity index (χ4n) is 2.93. The maximum Gasteiger partial charge on any atom is 0.512 e. The lowest BCUT2D eigenvalue weighted by molar-refractivity contribution is -0.155. The number of amides is 1. The molecular weight excluding hydrogens is 352 g/mol. The van der Waals surface area contributed by atoms with Gasteiger partial charge in [0.25, 0.3) is 0 Å². The van der Waals surface area contributed by atoms with Crippen LogP contribution in [0.1, 0.15) is 52.4 Å². The normalized spacial score (nSPS) is 18.4. The molecule has 0 spiro atoms. The first-order chi connectivity index (χ1) is 11.8. The number of nitrogens with one attached hydrogen (secondary N) is 1. The molecule has 144 valence electrons. The molecule has 1 aliphatic carbocycles. The van der Waals surface area contributed by atoms with Crippen molar-refractivity contribution in [3.05, 3.63) is 0 Å². The summed E-state index contributed by atoms with van der Waals surface area (Å²) in [6.45, 7) is 2.77. The Hall–Kier alpha value is -1.27. The van der Waals surface area contributed by atoms with Gasteiger partial charge in [-0.1, -0.05) is 33.1 Å². The summed E-state index contributed by atoms with van der Waals surface area (Å²) in [6, 6.07) is 0. The number of carbonyl (C=O) groups is 2. The molecule has 25 heavy (non-hydrogen) atoms. The summed E-state index contributed by atoms with van der Waals surface area (Å²) in [7, 11) is -2.61. The smallest absolute Gasteiger partial charge is 0.428 e. The number of alkyl carbamates (subject to hydrolysis) is 1. The van der Waals surface area contributed by atoms with Gasteiger partial charge in [-0.3, -0.25) is 4.79 Å². The van der Waals surface area contributed by atoms with E-state index in [1.54, 1.807) is 13.8 Å². The zero-order valence-electron chi connectivity index (χ0n) is 14.8. The van der Waals surface area contributed by atoms with E-state index in [0.717, 1.165) is 32.1 Å². The Bertz CT molecular complexity index is 456. The van der Waals surface area contributed by atoms with Crippen LogP contribution < -0.4 is 5.32 Å². The molecule has 0 saturated heterocycles. The predicted molar refractivity (Wildman–Crippen MR) is 90.0 cm³/mol. The molecule has 1 amide bonds. The van der Waals surface area contributed by atoms with Crippen LogP contribution in [-0.4, -0.2) is 42.1 Å². The third-order valence-corrected chi connectivity index (χ3v) is 5.57. The van der Waals surface area contributed by atoms with Gasteiger partial charge in [0.15, 0.2) is 6.17 Å². The summed E-state index contributed by atoms with van der Waals surface area (Å²) in [5.74, 6) is -0.894. The summed E-state index contributed by atoms with van der Waals surface area (Å²) >= 11 is 0. The number of hydrogen-bond donors (Lipinski definition) is 2. The Morgan fingerprint density at radius 2 is 1.88 bits per heavy atom. The monoisotopic (exact) mass is 380 g/mol. The third kappa shape index (κ3) is 8.10. The van der Waals surface area contributed by atoms with Gasteiger partial charge in [-0.25, -0.2) is 9.18 Å². The van der Waals surface area contributed by atoms with Crippen LogP contribution in [0.2, 0.25) is 0 Å². The summed E-state index contributed by atoms with van der Waals surface area (Å²) in [5, 5.41) is 2.34. The zero-order chi connectivity index (χ0) is 18.8. The van der Waals surface area contributed by atoms with E-state index in [-0.39, 0.29) is 24.8 Å². The van der Waals surface area contributed by atoms with E-state index < -0.39 is 38.7 Å². The van der Waals surface area contributed by atoms with Crippen LogP contribution in [0.25, 0.3) is 0 Å². The van der Waals surface area contributed by atoms with E-state index in [1.807, 2.05) is 0 Å². The van der Waals surface area contributed by atoms with Gasteiger partial charge in [0.2, 0.25) is 12.5 Å². The van der Waals surface area contributed by atoms with Crippen molar-refractivity contribution >= 4 is 20.1 Å². The van der Waals surface area contributed by atoms with Gasteiger partial charge < -0.3 is 14.8 Å². The minimum atomic E-state index is -2.61. The largest absolute Gasteiger partial charge is 0.512 e. The Morgan fingerprint density at radius 1 is 1.24 bits per heavy atom. The minimum absolute atomic E-state index is 0.0233. The van der Waals surface area contributed by atoms with Crippen molar-refractivity contribution in [2.24, 2.45) is 11.8 Å². The molecule has 1 fully saturated rings. The van der Waals surface area contributed by atoms with Gasteiger partial charge in [-0.15, -0.1) is 0 Å². The molecule has 2 N–H and O–H groups in total. The van der Waals surface area contributed by atoms with Crippen molar-refractivity contribution in [1.82, 2.24) is 5.32 Å². The highest BCUT2D eigenvalue weighted by atomic mass is 31.1. The van der Waals surface area contributed by atoms with Crippen molar-refractivity contribution < 1.29 is 32.9 Å². The van der Waals surface area contributed by atoms with Crippen molar-refractivity contribution in [3.63, 3.8) is 0 Å². The van der Waals surface area contributed by atoms with Crippen LogP contribution in [0, 0.1) is 11.8 Å². The summed E-state index contributed by atoms with van der Waals surface area (Å²) in [6.07, 6.45) is 2.17. The van der Waals surface area contributed by atoms with Crippen molar-refractivity contribution in [1.29, 1.82) is 0 Å². The molecular formula is C16H28FNO6P+. The van der Waals surface area contributed by atoms with Gasteiger partial charge in [0.05, 0.1) is 5.92 Å². The van der Waals surface area contributed by atoms with Gasteiger partial charge in [0.1, 0.15) is 0 Å². The molecule has 1 rings (SSSR count). The number of alkyl halides is 1. The van der Waals surface area contributed by atoms with E-state index in [2.05, 4.69) is 14.8 Å². The second-order valence-electron chi connectivity index (χ2n) is 6.59. The quantitative estimate of drug-likeness (QED) is 0.362. The summed E-state index contributed by atoms with van der Waals surface area (Å²) in [5.41, 5.74) is -0.889. The van der Waals surface area contributed by atoms with Gasteiger partial charge in [-0.05, 0) is 17.4 Å². The zero-order valence-corrected chi connectivity index (χ0v) is 15.7. The fraction of sp³-hybridized carbons (Fsp3) is 0.875. The first-order valence-electron chi connectivity index (χ1n) is 8.69. The maximum absolute atomic E-state index is 14.4. The topological polar surface area (TPSA) is 102 Å².